The van der Waals surface area contributed by atoms with Crippen molar-refractivity contribution in [3.63, 3.8) is 0 Å². The van der Waals surface area contributed by atoms with Crippen LogP contribution in [0, 0.1) is 0 Å². The Balaban J connectivity index is 2.14. The molecule has 2 aromatic rings. The molecule has 0 bridgehead atoms. The van der Waals surface area contributed by atoms with Crippen LogP contribution in [0.15, 0.2) is 34.0 Å². The van der Waals surface area contributed by atoms with E-state index in [1.165, 1.54) is 0 Å². The maximum Gasteiger partial charge on any atom is 0.147 e. The van der Waals surface area contributed by atoms with Crippen LogP contribution in [0.5, 0.6) is 0 Å². The average molecular weight is 372 g/mol. The molecule has 0 spiro atoms. The first-order valence-corrected chi connectivity index (χ1v) is 8.71. The van der Waals surface area contributed by atoms with E-state index >= 15 is 0 Å². The number of oxime groups is 1. The summed E-state index contributed by atoms with van der Waals surface area (Å²) < 4.78 is 0.971. The van der Waals surface area contributed by atoms with E-state index in [-0.39, 0.29) is 0 Å². The number of aromatic nitrogens is 1. The molecule has 0 saturated carbocycles. The highest BCUT2D eigenvalue weighted by Crippen LogP contribution is 2.27. The van der Waals surface area contributed by atoms with Crippen LogP contribution in [-0.2, 0) is 6.42 Å². The van der Waals surface area contributed by atoms with Gasteiger partial charge in [0.25, 0.3) is 0 Å². The monoisotopic (exact) mass is 371 g/mol. The van der Waals surface area contributed by atoms with Gasteiger partial charge in [-0.15, -0.1) is 0 Å². The second-order valence-electron chi connectivity index (χ2n) is 4.59. The summed E-state index contributed by atoms with van der Waals surface area (Å²) in [5.41, 5.74) is 2.27. The lowest BCUT2D eigenvalue weighted by Crippen LogP contribution is -2.38. The molecule has 5 nitrogen and oxygen atoms in total. The van der Waals surface area contributed by atoms with Gasteiger partial charge >= 0.3 is 0 Å². The minimum Gasteiger partial charge on any atom is -0.411 e. The molecule has 7 heteroatoms. The van der Waals surface area contributed by atoms with Crippen LogP contribution in [0.1, 0.15) is 5.56 Å². The number of aliphatic hydroxyl groups excluding tert-OH is 1. The molecule has 1 atom stereocenters. The number of aromatic amines is 1. The average Bonchev–Trinajstić information content (AvgIpc) is 2.89. The molecule has 0 fully saturated rings. The number of fused-ring (bicyclic) bond motifs is 1. The largest absolute Gasteiger partial charge is 0.411 e. The minimum absolute atomic E-state index is 0.299. The minimum atomic E-state index is -0.949. The van der Waals surface area contributed by atoms with Gasteiger partial charge in [0, 0.05) is 40.3 Å². The van der Waals surface area contributed by atoms with E-state index in [4.69, 9.17) is 5.21 Å². The molecular formula is C14H18BrN3O2S. The summed E-state index contributed by atoms with van der Waals surface area (Å²) in [6.07, 6.45) is 3.29. The molecule has 114 valence electrons. The third-order valence-corrected chi connectivity index (χ3v) is 4.47. The molecule has 1 aromatic heterocycles. The van der Waals surface area contributed by atoms with Crippen molar-refractivity contribution in [2.45, 2.75) is 12.6 Å². The van der Waals surface area contributed by atoms with Crippen molar-refractivity contribution in [2.24, 2.45) is 5.16 Å². The van der Waals surface area contributed by atoms with E-state index in [1.807, 2.05) is 30.7 Å². The Bertz CT molecular complexity index is 630. The maximum atomic E-state index is 10.0. The molecule has 0 amide bonds. The first-order valence-electron chi connectivity index (χ1n) is 6.53. The summed E-state index contributed by atoms with van der Waals surface area (Å²) in [5.74, 6) is 0.883. The number of halogens is 1. The predicted molar refractivity (Wildman–Crippen MR) is 91.3 cm³/mol. The van der Waals surface area contributed by atoms with E-state index in [0.717, 1.165) is 26.7 Å². The lowest BCUT2D eigenvalue weighted by molar-refractivity contribution is 0.196. The van der Waals surface area contributed by atoms with Crippen LogP contribution < -0.4 is 5.32 Å². The number of rotatable bonds is 7. The van der Waals surface area contributed by atoms with Crippen LogP contribution >= 0.6 is 27.7 Å². The standard InChI is InChI=1S/C14H18BrN3O2S/c1-21-6-5-16-14(19)12(18-20)7-9-8-17-11-4-2-3-10(15)13(9)11/h2-4,8,14,16-17,19-20H,5-7H2,1H3/b18-12-. The molecule has 21 heavy (non-hydrogen) atoms. The summed E-state index contributed by atoms with van der Waals surface area (Å²) in [6, 6.07) is 5.89. The lowest BCUT2D eigenvalue weighted by Gasteiger charge is -2.13. The van der Waals surface area contributed by atoms with Gasteiger partial charge in [-0.2, -0.15) is 11.8 Å². The lowest BCUT2D eigenvalue weighted by atomic mass is 10.1. The second kappa shape index (κ2) is 7.84. The number of aliphatic hydroxyl groups is 1. The summed E-state index contributed by atoms with van der Waals surface area (Å²) in [6.45, 7) is 0.652. The molecule has 1 unspecified atom stereocenters. The Morgan fingerprint density at radius 2 is 2.33 bits per heavy atom. The van der Waals surface area contributed by atoms with Crippen molar-refractivity contribution in [1.82, 2.24) is 10.3 Å². The Labute approximate surface area is 135 Å². The number of nitrogens with zero attached hydrogens (tertiary/aromatic N) is 1. The van der Waals surface area contributed by atoms with Crippen LogP contribution in [0.3, 0.4) is 0 Å². The van der Waals surface area contributed by atoms with Gasteiger partial charge in [0.1, 0.15) is 11.9 Å². The van der Waals surface area contributed by atoms with E-state index in [2.05, 4.69) is 31.4 Å². The van der Waals surface area contributed by atoms with Crippen LogP contribution in [0.25, 0.3) is 10.9 Å². The molecule has 0 aliphatic carbocycles. The van der Waals surface area contributed by atoms with Crippen molar-refractivity contribution in [1.29, 1.82) is 0 Å². The number of thioether (sulfide) groups is 1. The van der Waals surface area contributed by atoms with Gasteiger partial charge in [-0.3, -0.25) is 5.32 Å². The highest BCUT2D eigenvalue weighted by Gasteiger charge is 2.16. The number of nitrogens with one attached hydrogen (secondary N) is 2. The van der Waals surface area contributed by atoms with Crippen LogP contribution in [-0.4, -0.2) is 45.8 Å². The van der Waals surface area contributed by atoms with E-state index in [0.29, 0.717) is 18.7 Å². The zero-order valence-corrected chi connectivity index (χ0v) is 14.0. The van der Waals surface area contributed by atoms with Gasteiger partial charge in [0.05, 0.1) is 0 Å². The summed E-state index contributed by atoms with van der Waals surface area (Å²) >= 11 is 5.21. The molecule has 1 heterocycles. The smallest absolute Gasteiger partial charge is 0.147 e. The zero-order valence-electron chi connectivity index (χ0n) is 11.6. The maximum absolute atomic E-state index is 10.0. The Hall–Kier alpha value is -1.02. The van der Waals surface area contributed by atoms with Crippen LogP contribution in [0.4, 0.5) is 0 Å². The number of hydrogen-bond acceptors (Lipinski definition) is 5. The SMILES string of the molecule is CSCCNC(O)/C(Cc1c[nH]c2cccc(Br)c12)=N\O. The van der Waals surface area contributed by atoms with Gasteiger partial charge in [-0.05, 0) is 24.0 Å². The molecule has 1 aromatic carbocycles. The fourth-order valence-corrected chi connectivity index (χ4v) is 3.09. The second-order valence-corrected chi connectivity index (χ2v) is 6.43. The highest BCUT2D eigenvalue weighted by molar-refractivity contribution is 9.10. The van der Waals surface area contributed by atoms with Gasteiger partial charge < -0.3 is 15.3 Å². The Morgan fingerprint density at radius 1 is 1.52 bits per heavy atom. The molecule has 0 aliphatic heterocycles. The number of H-pyrrole nitrogens is 1. The van der Waals surface area contributed by atoms with E-state index in [9.17, 15) is 5.11 Å². The van der Waals surface area contributed by atoms with Gasteiger partial charge in [-0.25, -0.2) is 0 Å². The van der Waals surface area contributed by atoms with Gasteiger partial charge in [0.2, 0.25) is 0 Å². The van der Waals surface area contributed by atoms with Gasteiger partial charge in [0.15, 0.2) is 0 Å². The molecule has 0 radical (unpaired) electrons. The predicted octanol–water partition coefficient (Wildman–Crippen LogP) is 2.57. The molecule has 4 N–H and O–H groups in total. The fraction of sp³-hybridized carbons (Fsp3) is 0.357. The third kappa shape index (κ3) is 4.00. The summed E-state index contributed by atoms with van der Waals surface area (Å²) in [5, 5.41) is 26.4. The van der Waals surface area contributed by atoms with Crippen LogP contribution in [0.2, 0.25) is 0 Å². The molecule has 0 saturated heterocycles. The molecule has 2 rings (SSSR count). The number of hydrogen-bond donors (Lipinski definition) is 4. The van der Waals surface area contributed by atoms with Crippen molar-refractivity contribution in [3.05, 3.63) is 34.4 Å². The third-order valence-electron chi connectivity index (χ3n) is 3.20. The first-order chi connectivity index (χ1) is 10.2. The summed E-state index contributed by atoms with van der Waals surface area (Å²) in [4.78, 5) is 3.18. The Kier molecular flexibility index (Phi) is 6.10. The molecular weight excluding hydrogens is 354 g/mol. The van der Waals surface area contributed by atoms with E-state index < -0.39 is 6.23 Å². The van der Waals surface area contributed by atoms with Gasteiger partial charge in [-0.1, -0.05) is 27.2 Å². The van der Waals surface area contributed by atoms with Crippen molar-refractivity contribution >= 4 is 44.3 Å². The normalized spacial score (nSPS) is 13.8. The Morgan fingerprint density at radius 3 is 3.05 bits per heavy atom. The van der Waals surface area contributed by atoms with E-state index in [1.54, 1.807) is 11.8 Å². The number of benzene rings is 1. The quantitative estimate of drug-likeness (QED) is 0.198. The summed E-state index contributed by atoms with van der Waals surface area (Å²) in [7, 11) is 0. The van der Waals surface area contributed by atoms with Crippen molar-refractivity contribution in [2.75, 3.05) is 18.6 Å². The highest BCUT2D eigenvalue weighted by atomic mass is 79.9. The zero-order chi connectivity index (χ0) is 15.2. The first kappa shape index (κ1) is 16.4. The topological polar surface area (TPSA) is 80.6 Å². The van der Waals surface area contributed by atoms with Crippen molar-refractivity contribution in [3.8, 4) is 0 Å². The molecule has 0 aliphatic rings. The van der Waals surface area contributed by atoms with Crippen molar-refractivity contribution < 1.29 is 10.3 Å². The fourth-order valence-electron chi connectivity index (χ4n) is 2.14.